The minimum Gasteiger partial charge on any atom is -0.534 e. The SMILES string of the molecule is C=C1OB(C2=CCN(C(=O)OC(C)(C)C)C(C)C2)OC1(C)C. The van der Waals surface area contributed by atoms with Gasteiger partial charge in [-0.15, -0.1) is 0 Å². The van der Waals surface area contributed by atoms with Crippen molar-refractivity contribution >= 4 is 13.2 Å². The lowest BCUT2D eigenvalue weighted by Crippen LogP contribution is -2.45. The van der Waals surface area contributed by atoms with Gasteiger partial charge < -0.3 is 18.9 Å². The standard InChI is InChI=1S/C16H26BNO4/c1-11-10-13(17-21-12(2)16(6,7)22-17)8-9-18(11)14(19)20-15(3,4)5/h8,11H,2,9-10H2,1,3-7H3. The van der Waals surface area contributed by atoms with Crippen molar-refractivity contribution in [3.05, 3.63) is 23.9 Å². The van der Waals surface area contributed by atoms with Gasteiger partial charge in [0.2, 0.25) is 0 Å². The maximum atomic E-state index is 12.2. The number of hydrogen-bond donors (Lipinski definition) is 0. The van der Waals surface area contributed by atoms with E-state index >= 15 is 0 Å². The molecule has 22 heavy (non-hydrogen) atoms. The Hall–Kier alpha value is -1.43. The van der Waals surface area contributed by atoms with Crippen LogP contribution >= 0.6 is 0 Å². The smallest absolute Gasteiger partial charge is 0.534 e. The summed E-state index contributed by atoms with van der Waals surface area (Å²) < 4.78 is 17.1. The minimum absolute atomic E-state index is 0.0408. The van der Waals surface area contributed by atoms with Crippen molar-refractivity contribution < 1.29 is 18.8 Å². The first-order valence-corrected chi connectivity index (χ1v) is 7.72. The van der Waals surface area contributed by atoms with Gasteiger partial charge in [-0.05, 0) is 53.4 Å². The third-order valence-corrected chi connectivity index (χ3v) is 3.87. The normalized spacial score (nSPS) is 24.9. The van der Waals surface area contributed by atoms with Gasteiger partial charge in [0.05, 0.1) is 5.76 Å². The van der Waals surface area contributed by atoms with Gasteiger partial charge in [-0.1, -0.05) is 12.7 Å². The summed E-state index contributed by atoms with van der Waals surface area (Å²) in [5, 5.41) is 0. The Kier molecular flexibility index (Phi) is 4.35. The quantitative estimate of drug-likeness (QED) is 0.697. The molecule has 6 heteroatoms. The molecule has 1 fully saturated rings. The van der Waals surface area contributed by atoms with Crippen molar-refractivity contribution in [2.24, 2.45) is 0 Å². The third-order valence-electron chi connectivity index (χ3n) is 3.87. The highest BCUT2D eigenvalue weighted by atomic mass is 16.7. The van der Waals surface area contributed by atoms with Crippen LogP contribution in [0.3, 0.4) is 0 Å². The van der Waals surface area contributed by atoms with Crippen molar-refractivity contribution in [2.75, 3.05) is 6.54 Å². The van der Waals surface area contributed by atoms with Gasteiger partial charge in [0, 0.05) is 12.6 Å². The minimum atomic E-state index is -0.486. The molecule has 0 bridgehead atoms. The first-order chi connectivity index (χ1) is 9.99. The average molecular weight is 307 g/mol. The van der Waals surface area contributed by atoms with Crippen LogP contribution in [0.1, 0.15) is 48.0 Å². The highest BCUT2D eigenvalue weighted by molar-refractivity contribution is 6.55. The van der Waals surface area contributed by atoms with Crippen molar-refractivity contribution in [1.29, 1.82) is 0 Å². The van der Waals surface area contributed by atoms with E-state index in [-0.39, 0.29) is 12.1 Å². The van der Waals surface area contributed by atoms with E-state index in [0.29, 0.717) is 18.7 Å². The number of amides is 1. The topological polar surface area (TPSA) is 48.0 Å². The second kappa shape index (κ2) is 5.65. The maximum Gasteiger partial charge on any atom is 0.558 e. The molecule has 1 unspecified atom stereocenters. The van der Waals surface area contributed by atoms with Gasteiger partial charge >= 0.3 is 13.2 Å². The molecule has 2 aliphatic rings. The van der Waals surface area contributed by atoms with Gasteiger partial charge in [-0.2, -0.15) is 0 Å². The molecule has 0 radical (unpaired) electrons. The molecular formula is C16H26BNO4. The van der Waals surface area contributed by atoms with Crippen LogP contribution in [0.5, 0.6) is 0 Å². The van der Waals surface area contributed by atoms with Gasteiger partial charge in [0.25, 0.3) is 0 Å². The number of ether oxygens (including phenoxy) is 1. The molecule has 0 aromatic heterocycles. The Morgan fingerprint density at radius 3 is 2.59 bits per heavy atom. The zero-order chi connectivity index (χ0) is 16.7. The van der Waals surface area contributed by atoms with Crippen molar-refractivity contribution in [1.82, 2.24) is 4.90 Å². The number of rotatable bonds is 1. The first kappa shape index (κ1) is 16.9. The Morgan fingerprint density at radius 2 is 2.14 bits per heavy atom. The molecule has 122 valence electrons. The monoisotopic (exact) mass is 307 g/mol. The summed E-state index contributed by atoms with van der Waals surface area (Å²) in [4.78, 5) is 13.9. The summed E-state index contributed by atoms with van der Waals surface area (Å²) in [7, 11) is -0.397. The van der Waals surface area contributed by atoms with Crippen molar-refractivity contribution in [3.8, 4) is 0 Å². The number of carbonyl (C=O) groups excluding carboxylic acids is 1. The summed E-state index contributed by atoms with van der Waals surface area (Å²) in [6, 6.07) is 0.0408. The fourth-order valence-electron chi connectivity index (χ4n) is 2.48. The second-order valence-corrected chi connectivity index (χ2v) is 7.47. The predicted molar refractivity (Wildman–Crippen MR) is 86.2 cm³/mol. The molecule has 2 aliphatic heterocycles. The molecule has 0 aromatic carbocycles. The van der Waals surface area contributed by atoms with Crippen LogP contribution in [-0.4, -0.2) is 41.9 Å². The largest absolute Gasteiger partial charge is 0.558 e. The molecule has 1 atom stereocenters. The fourth-order valence-corrected chi connectivity index (χ4v) is 2.48. The van der Waals surface area contributed by atoms with Crippen LogP contribution < -0.4 is 0 Å². The van der Waals surface area contributed by atoms with E-state index in [4.69, 9.17) is 14.0 Å². The Morgan fingerprint density at radius 1 is 1.50 bits per heavy atom. The molecule has 0 spiro atoms. The van der Waals surface area contributed by atoms with E-state index in [9.17, 15) is 4.79 Å². The second-order valence-electron chi connectivity index (χ2n) is 7.47. The first-order valence-electron chi connectivity index (χ1n) is 7.72. The molecular weight excluding hydrogens is 281 g/mol. The molecule has 0 aromatic rings. The molecule has 5 nitrogen and oxygen atoms in total. The summed E-state index contributed by atoms with van der Waals surface area (Å²) in [6.07, 6.45) is 2.41. The van der Waals surface area contributed by atoms with Gasteiger partial charge in [0.15, 0.2) is 0 Å². The number of nitrogens with zero attached hydrogens (tertiary/aromatic N) is 1. The number of carbonyl (C=O) groups is 1. The molecule has 0 saturated carbocycles. The maximum absolute atomic E-state index is 12.2. The van der Waals surface area contributed by atoms with Crippen LogP contribution in [0.4, 0.5) is 4.79 Å². The van der Waals surface area contributed by atoms with Crippen LogP contribution in [0.15, 0.2) is 23.9 Å². The lowest BCUT2D eigenvalue weighted by molar-refractivity contribution is 0.0191. The van der Waals surface area contributed by atoms with E-state index in [1.807, 2.05) is 47.6 Å². The fraction of sp³-hybridized carbons (Fsp3) is 0.688. The van der Waals surface area contributed by atoms with Crippen molar-refractivity contribution in [2.45, 2.75) is 65.2 Å². The van der Waals surface area contributed by atoms with E-state index in [1.54, 1.807) is 4.90 Å². The van der Waals surface area contributed by atoms with Crippen LogP contribution in [0.2, 0.25) is 0 Å². The summed E-state index contributed by atoms with van der Waals surface area (Å²) in [5.74, 6) is 0.639. The van der Waals surface area contributed by atoms with E-state index in [2.05, 4.69) is 6.58 Å². The van der Waals surface area contributed by atoms with Gasteiger partial charge in [-0.25, -0.2) is 4.79 Å². The molecule has 1 amide bonds. The lowest BCUT2D eigenvalue weighted by Gasteiger charge is -2.34. The number of hydrogen-bond acceptors (Lipinski definition) is 4. The summed E-state index contributed by atoms with van der Waals surface area (Å²) in [6.45, 7) is 15.9. The van der Waals surface area contributed by atoms with Gasteiger partial charge in [-0.3, -0.25) is 0 Å². The van der Waals surface area contributed by atoms with Crippen LogP contribution in [0, 0.1) is 0 Å². The van der Waals surface area contributed by atoms with Crippen molar-refractivity contribution in [3.63, 3.8) is 0 Å². The Labute approximate surface area is 133 Å². The lowest BCUT2D eigenvalue weighted by atomic mass is 9.73. The molecule has 0 aliphatic carbocycles. The predicted octanol–water partition coefficient (Wildman–Crippen LogP) is 3.31. The van der Waals surface area contributed by atoms with Crippen LogP contribution in [0.25, 0.3) is 0 Å². The third kappa shape index (κ3) is 3.66. The van der Waals surface area contributed by atoms with Crippen LogP contribution in [-0.2, 0) is 14.0 Å². The Balaban J connectivity index is 2.03. The van der Waals surface area contributed by atoms with E-state index in [1.165, 1.54) is 0 Å². The zero-order valence-electron chi connectivity index (χ0n) is 14.4. The zero-order valence-corrected chi connectivity index (χ0v) is 14.4. The van der Waals surface area contributed by atoms with Gasteiger partial charge in [0.1, 0.15) is 11.2 Å². The highest BCUT2D eigenvalue weighted by Crippen LogP contribution is 2.34. The molecule has 0 N–H and O–H groups in total. The van der Waals surface area contributed by atoms with E-state index < -0.39 is 18.3 Å². The molecule has 1 saturated heterocycles. The van der Waals surface area contributed by atoms with E-state index in [0.717, 1.165) is 5.47 Å². The molecule has 2 rings (SSSR count). The highest BCUT2D eigenvalue weighted by Gasteiger charge is 2.45. The average Bonchev–Trinajstić information content (AvgIpc) is 2.61. The summed E-state index contributed by atoms with van der Waals surface area (Å²) in [5.41, 5.74) is 0.0936. The summed E-state index contributed by atoms with van der Waals surface area (Å²) >= 11 is 0. The Bertz CT molecular complexity index is 507. The molecule has 2 heterocycles.